The zero-order valence-electron chi connectivity index (χ0n) is 13.1. The normalized spacial score (nSPS) is 10.1. The first kappa shape index (κ1) is 16.7. The monoisotopic (exact) mass is 312 g/mol. The minimum Gasteiger partial charge on any atom is -0.469 e. The summed E-state index contributed by atoms with van der Waals surface area (Å²) in [5.41, 5.74) is 1.88. The first-order valence-electron chi connectivity index (χ1n) is 7.46. The molecule has 0 aliphatic carbocycles. The summed E-state index contributed by atoms with van der Waals surface area (Å²) in [7, 11) is 1.35. The number of pyridine rings is 1. The molecule has 1 heterocycles. The van der Waals surface area contributed by atoms with Crippen molar-refractivity contribution in [2.24, 2.45) is 0 Å². The predicted octanol–water partition coefficient (Wildman–Crippen LogP) is 2.22. The van der Waals surface area contributed by atoms with E-state index in [0.717, 1.165) is 11.1 Å². The van der Waals surface area contributed by atoms with Crippen molar-refractivity contribution < 1.29 is 14.3 Å². The van der Waals surface area contributed by atoms with Crippen molar-refractivity contribution in [1.82, 2.24) is 9.88 Å². The molecular weight excluding hydrogens is 292 g/mol. The number of aromatic nitrogens is 1. The van der Waals surface area contributed by atoms with Crippen LogP contribution in [0.25, 0.3) is 0 Å². The number of rotatable bonds is 7. The second-order valence-corrected chi connectivity index (χ2v) is 5.17. The van der Waals surface area contributed by atoms with Gasteiger partial charge in [-0.15, -0.1) is 0 Å². The number of amides is 1. The minimum absolute atomic E-state index is 0.0241. The number of ether oxygens (including phenoxy) is 1. The Balaban J connectivity index is 2.05. The fourth-order valence-electron chi connectivity index (χ4n) is 2.21. The number of esters is 1. The maximum absolute atomic E-state index is 12.6. The Kier molecular flexibility index (Phi) is 6.29. The lowest BCUT2D eigenvalue weighted by atomic mass is 10.1. The first-order valence-corrected chi connectivity index (χ1v) is 7.46. The summed E-state index contributed by atoms with van der Waals surface area (Å²) in [5, 5.41) is 0. The van der Waals surface area contributed by atoms with E-state index in [1.165, 1.54) is 7.11 Å². The van der Waals surface area contributed by atoms with E-state index in [0.29, 0.717) is 19.5 Å². The molecule has 1 amide bonds. The number of hydrogen-bond acceptors (Lipinski definition) is 4. The number of hydrogen-bond donors (Lipinski definition) is 0. The molecule has 1 aromatic heterocycles. The molecule has 0 saturated heterocycles. The Bertz CT molecular complexity index is 629. The van der Waals surface area contributed by atoms with Gasteiger partial charge in [0.1, 0.15) is 0 Å². The van der Waals surface area contributed by atoms with E-state index < -0.39 is 0 Å². The van der Waals surface area contributed by atoms with E-state index in [4.69, 9.17) is 0 Å². The Morgan fingerprint density at radius 3 is 2.48 bits per heavy atom. The number of methoxy groups -OCH3 is 1. The van der Waals surface area contributed by atoms with Crippen molar-refractivity contribution >= 4 is 11.9 Å². The minimum atomic E-state index is -0.325. The molecule has 1 aromatic carbocycles. The molecule has 5 heteroatoms. The van der Waals surface area contributed by atoms with Crippen molar-refractivity contribution in [1.29, 1.82) is 0 Å². The zero-order chi connectivity index (χ0) is 16.5. The standard InChI is InChI=1S/C18H20N2O3/c1-23-18(22)9-11-20(14-16-8-5-10-19-13-16)17(21)12-15-6-3-2-4-7-15/h2-8,10,13H,9,11-12,14H2,1H3. The molecule has 2 aromatic rings. The topological polar surface area (TPSA) is 59.5 Å². The summed E-state index contributed by atoms with van der Waals surface area (Å²) >= 11 is 0. The van der Waals surface area contributed by atoms with E-state index in [1.807, 2.05) is 42.5 Å². The highest BCUT2D eigenvalue weighted by Crippen LogP contribution is 2.09. The van der Waals surface area contributed by atoms with Crippen molar-refractivity contribution in [2.75, 3.05) is 13.7 Å². The van der Waals surface area contributed by atoms with Gasteiger partial charge >= 0.3 is 5.97 Å². The van der Waals surface area contributed by atoms with Crippen LogP contribution in [0, 0.1) is 0 Å². The van der Waals surface area contributed by atoms with E-state index in [2.05, 4.69) is 9.72 Å². The molecule has 0 spiro atoms. The molecule has 0 fully saturated rings. The fraction of sp³-hybridized carbons (Fsp3) is 0.278. The quantitative estimate of drug-likeness (QED) is 0.736. The highest BCUT2D eigenvalue weighted by molar-refractivity contribution is 5.79. The molecule has 0 saturated carbocycles. The summed E-state index contributed by atoms with van der Waals surface area (Å²) in [6, 6.07) is 13.3. The molecule has 0 aliphatic heterocycles. The van der Waals surface area contributed by atoms with Crippen molar-refractivity contribution in [3.63, 3.8) is 0 Å². The average Bonchev–Trinajstić information content (AvgIpc) is 2.60. The van der Waals surface area contributed by atoms with Crippen molar-refractivity contribution in [2.45, 2.75) is 19.4 Å². The van der Waals surface area contributed by atoms with Crippen LogP contribution >= 0.6 is 0 Å². The lowest BCUT2D eigenvalue weighted by molar-refractivity contribution is -0.141. The fourth-order valence-corrected chi connectivity index (χ4v) is 2.21. The third-order valence-corrected chi connectivity index (χ3v) is 3.46. The highest BCUT2D eigenvalue weighted by atomic mass is 16.5. The van der Waals surface area contributed by atoms with Gasteiger partial charge in [0.2, 0.25) is 5.91 Å². The van der Waals surface area contributed by atoms with Crippen LogP contribution in [0.2, 0.25) is 0 Å². The summed E-state index contributed by atoms with van der Waals surface area (Å²) < 4.78 is 4.66. The van der Waals surface area contributed by atoms with E-state index in [9.17, 15) is 9.59 Å². The SMILES string of the molecule is COC(=O)CCN(Cc1cccnc1)C(=O)Cc1ccccc1. The maximum Gasteiger partial charge on any atom is 0.307 e. The third-order valence-electron chi connectivity index (χ3n) is 3.46. The summed E-state index contributed by atoms with van der Waals surface area (Å²) in [5.74, 6) is -0.349. The maximum atomic E-state index is 12.6. The molecule has 0 aliphatic rings. The summed E-state index contributed by atoms with van der Waals surface area (Å²) in [6.45, 7) is 0.754. The van der Waals surface area contributed by atoms with E-state index in [1.54, 1.807) is 17.3 Å². The van der Waals surface area contributed by atoms with Crippen LogP contribution in [0.3, 0.4) is 0 Å². The largest absolute Gasteiger partial charge is 0.469 e. The van der Waals surface area contributed by atoms with Gasteiger partial charge in [-0.1, -0.05) is 36.4 Å². The Morgan fingerprint density at radius 1 is 1.09 bits per heavy atom. The van der Waals surface area contributed by atoms with Crippen molar-refractivity contribution in [3.05, 3.63) is 66.0 Å². The Morgan fingerprint density at radius 2 is 1.83 bits per heavy atom. The van der Waals surface area contributed by atoms with Crippen LogP contribution in [0.4, 0.5) is 0 Å². The lowest BCUT2D eigenvalue weighted by Gasteiger charge is -2.22. The molecule has 0 atom stereocenters. The molecule has 0 radical (unpaired) electrons. The second kappa shape index (κ2) is 8.68. The zero-order valence-corrected chi connectivity index (χ0v) is 13.1. The van der Waals surface area contributed by atoms with Gasteiger partial charge in [0.15, 0.2) is 0 Å². The van der Waals surface area contributed by atoms with Gasteiger partial charge in [-0.2, -0.15) is 0 Å². The molecule has 0 unspecified atom stereocenters. The van der Waals surface area contributed by atoms with Crippen molar-refractivity contribution in [3.8, 4) is 0 Å². The second-order valence-electron chi connectivity index (χ2n) is 5.17. The molecular formula is C18H20N2O3. The number of carbonyl (C=O) groups excluding carboxylic acids is 2. The van der Waals surface area contributed by atoms with Crippen LogP contribution in [-0.4, -0.2) is 35.4 Å². The Hall–Kier alpha value is -2.69. The van der Waals surface area contributed by atoms with Gasteiger partial charge in [-0.05, 0) is 17.2 Å². The molecule has 120 valence electrons. The number of carbonyl (C=O) groups is 2. The Labute approximate surface area is 135 Å². The van der Waals surface area contributed by atoms with Gasteiger partial charge in [0.05, 0.1) is 20.0 Å². The summed E-state index contributed by atoms with van der Waals surface area (Å²) in [4.78, 5) is 29.7. The van der Waals surface area contributed by atoms with Crippen LogP contribution in [0.15, 0.2) is 54.9 Å². The van der Waals surface area contributed by atoms with Gasteiger partial charge in [-0.3, -0.25) is 14.6 Å². The predicted molar refractivity (Wildman–Crippen MR) is 86.4 cm³/mol. The van der Waals surface area contributed by atoms with Gasteiger partial charge in [-0.25, -0.2) is 0 Å². The van der Waals surface area contributed by atoms with Gasteiger partial charge in [0.25, 0.3) is 0 Å². The molecule has 0 bridgehead atoms. The third kappa shape index (κ3) is 5.54. The van der Waals surface area contributed by atoms with Crippen LogP contribution < -0.4 is 0 Å². The van der Waals surface area contributed by atoms with Crippen LogP contribution in [0.1, 0.15) is 17.5 Å². The van der Waals surface area contributed by atoms with E-state index >= 15 is 0 Å². The van der Waals surface area contributed by atoms with Crippen LogP contribution in [0.5, 0.6) is 0 Å². The highest BCUT2D eigenvalue weighted by Gasteiger charge is 2.16. The molecule has 5 nitrogen and oxygen atoms in total. The van der Waals surface area contributed by atoms with Crippen LogP contribution in [-0.2, 0) is 27.3 Å². The first-order chi connectivity index (χ1) is 11.2. The molecule has 23 heavy (non-hydrogen) atoms. The number of nitrogens with zero attached hydrogens (tertiary/aromatic N) is 2. The summed E-state index contributed by atoms with van der Waals surface area (Å²) in [6.07, 6.45) is 3.90. The van der Waals surface area contributed by atoms with Gasteiger partial charge < -0.3 is 9.64 Å². The molecule has 0 N–H and O–H groups in total. The van der Waals surface area contributed by atoms with Gasteiger partial charge in [0, 0.05) is 25.5 Å². The lowest BCUT2D eigenvalue weighted by Crippen LogP contribution is -2.34. The molecule has 2 rings (SSSR count). The van der Waals surface area contributed by atoms with E-state index in [-0.39, 0.29) is 18.3 Å². The average molecular weight is 312 g/mol. The smallest absolute Gasteiger partial charge is 0.307 e. The number of benzene rings is 1.